The molecule has 2 saturated heterocycles. The lowest BCUT2D eigenvalue weighted by Crippen LogP contribution is -2.57. The summed E-state index contributed by atoms with van der Waals surface area (Å²) in [6.45, 7) is 3.40. The summed E-state index contributed by atoms with van der Waals surface area (Å²) in [4.78, 5) is 28.7. The molecule has 2 heterocycles. The van der Waals surface area contributed by atoms with Crippen LogP contribution in [0.5, 0.6) is 0 Å². The largest absolute Gasteiger partial charge is 0.353 e. The average Bonchev–Trinajstić information content (AvgIpc) is 2.71. The number of rotatable bonds is 5. The van der Waals surface area contributed by atoms with Crippen molar-refractivity contribution in [2.45, 2.75) is 25.4 Å². The molecule has 2 aromatic rings. The highest BCUT2D eigenvalue weighted by atomic mass is 19.2. The number of nitrogens with one attached hydrogen (secondary N) is 1. The van der Waals surface area contributed by atoms with Gasteiger partial charge in [-0.05, 0) is 36.6 Å². The smallest absolute Gasteiger partial charge is 0.254 e. The molecule has 0 saturated carbocycles. The number of amides is 2. The molecule has 2 aromatic carbocycles. The van der Waals surface area contributed by atoms with Gasteiger partial charge in [-0.15, -0.1) is 0 Å². The van der Waals surface area contributed by atoms with Gasteiger partial charge in [0.2, 0.25) is 5.91 Å². The molecule has 158 valence electrons. The number of halogens is 2. The van der Waals surface area contributed by atoms with Crippen molar-refractivity contribution in [1.29, 1.82) is 0 Å². The van der Waals surface area contributed by atoms with Crippen molar-refractivity contribution in [2.75, 3.05) is 26.2 Å². The summed E-state index contributed by atoms with van der Waals surface area (Å²) < 4.78 is 26.4. The normalized spacial score (nSPS) is 18.1. The lowest BCUT2D eigenvalue weighted by molar-refractivity contribution is -0.130. The van der Waals surface area contributed by atoms with Crippen LogP contribution < -0.4 is 5.32 Å². The van der Waals surface area contributed by atoms with Gasteiger partial charge in [0.25, 0.3) is 5.91 Å². The summed E-state index contributed by atoms with van der Waals surface area (Å²) in [5, 5.41) is 3.11. The molecule has 2 aliphatic rings. The van der Waals surface area contributed by atoms with Crippen LogP contribution in [-0.2, 0) is 11.3 Å². The van der Waals surface area contributed by atoms with Gasteiger partial charge in [-0.2, -0.15) is 0 Å². The van der Waals surface area contributed by atoms with Gasteiger partial charge < -0.3 is 10.2 Å². The molecule has 5 nitrogen and oxygen atoms in total. The van der Waals surface area contributed by atoms with Gasteiger partial charge in [0.15, 0.2) is 11.6 Å². The van der Waals surface area contributed by atoms with E-state index >= 15 is 0 Å². The van der Waals surface area contributed by atoms with Crippen LogP contribution in [0.2, 0.25) is 0 Å². The number of piperidine rings is 1. The van der Waals surface area contributed by atoms with Crippen LogP contribution in [0, 0.1) is 17.6 Å². The van der Waals surface area contributed by atoms with Crippen molar-refractivity contribution < 1.29 is 18.4 Å². The first-order valence-corrected chi connectivity index (χ1v) is 10.3. The Morgan fingerprint density at radius 3 is 2.33 bits per heavy atom. The fraction of sp³-hybridized carbons (Fsp3) is 0.391. The van der Waals surface area contributed by atoms with Gasteiger partial charge in [0, 0.05) is 44.3 Å². The van der Waals surface area contributed by atoms with E-state index < -0.39 is 11.6 Å². The Morgan fingerprint density at radius 1 is 0.967 bits per heavy atom. The number of carbonyl (C=O) groups is 2. The van der Waals surface area contributed by atoms with E-state index in [9.17, 15) is 18.4 Å². The Balaban J connectivity index is 1.20. The summed E-state index contributed by atoms with van der Waals surface area (Å²) in [6.07, 6.45) is 1.81. The zero-order valence-electron chi connectivity index (χ0n) is 16.7. The van der Waals surface area contributed by atoms with Crippen molar-refractivity contribution in [1.82, 2.24) is 15.1 Å². The Kier molecular flexibility index (Phi) is 6.08. The van der Waals surface area contributed by atoms with Gasteiger partial charge in [-0.1, -0.05) is 30.3 Å². The maximum absolute atomic E-state index is 13.3. The molecular weight excluding hydrogens is 388 g/mol. The van der Waals surface area contributed by atoms with Gasteiger partial charge in [0.05, 0.1) is 5.92 Å². The van der Waals surface area contributed by atoms with Crippen molar-refractivity contribution in [2.24, 2.45) is 5.92 Å². The summed E-state index contributed by atoms with van der Waals surface area (Å²) in [5.41, 5.74) is 1.39. The van der Waals surface area contributed by atoms with Crippen molar-refractivity contribution >= 4 is 11.8 Å². The predicted molar refractivity (Wildman–Crippen MR) is 109 cm³/mol. The highest BCUT2D eigenvalue weighted by molar-refractivity contribution is 5.96. The highest BCUT2D eigenvalue weighted by Crippen LogP contribution is 2.21. The number of likely N-dealkylation sites (tertiary alicyclic amines) is 2. The third kappa shape index (κ3) is 4.67. The van der Waals surface area contributed by atoms with Crippen LogP contribution in [-0.4, -0.2) is 53.8 Å². The second-order valence-electron chi connectivity index (χ2n) is 8.08. The first-order valence-electron chi connectivity index (χ1n) is 10.3. The molecule has 4 rings (SSSR count). The monoisotopic (exact) mass is 413 g/mol. The van der Waals surface area contributed by atoms with Crippen LogP contribution in [0.4, 0.5) is 8.78 Å². The molecule has 0 aromatic heterocycles. The van der Waals surface area contributed by atoms with Crippen LogP contribution >= 0.6 is 0 Å². The quantitative estimate of drug-likeness (QED) is 0.820. The van der Waals surface area contributed by atoms with E-state index in [1.807, 2.05) is 18.2 Å². The highest BCUT2D eigenvalue weighted by Gasteiger charge is 2.37. The molecule has 0 bridgehead atoms. The lowest BCUT2D eigenvalue weighted by atomic mass is 9.96. The van der Waals surface area contributed by atoms with E-state index in [1.165, 1.54) is 16.5 Å². The molecule has 2 amide bonds. The fourth-order valence-electron chi connectivity index (χ4n) is 4.02. The first-order chi connectivity index (χ1) is 14.5. The SMILES string of the molecule is O=C(NC1CCN(Cc2ccccc2)CC1)C1CN(C(=O)c2ccc(F)c(F)c2)C1. The van der Waals surface area contributed by atoms with Crippen molar-refractivity contribution in [3.05, 3.63) is 71.3 Å². The Morgan fingerprint density at radius 2 is 1.67 bits per heavy atom. The second kappa shape index (κ2) is 8.92. The maximum Gasteiger partial charge on any atom is 0.254 e. The molecule has 1 N–H and O–H groups in total. The van der Waals surface area contributed by atoms with E-state index in [1.54, 1.807) is 0 Å². The van der Waals surface area contributed by atoms with Crippen LogP contribution in [0.3, 0.4) is 0 Å². The minimum absolute atomic E-state index is 0.0363. The van der Waals surface area contributed by atoms with Crippen LogP contribution in [0.15, 0.2) is 48.5 Å². The molecule has 0 aliphatic carbocycles. The molecule has 0 atom stereocenters. The number of hydrogen-bond donors (Lipinski definition) is 1. The summed E-state index contributed by atoms with van der Waals surface area (Å²) in [5.74, 6) is -2.70. The fourth-order valence-corrected chi connectivity index (χ4v) is 4.02. The molecule has 30 heavy (non-hydrogen) atoms. The minimum atomic E-state index is -1.05. The van der Waals surface area contributed by atoms with Gasteiger partial charge in [-0.25, -0.2) is 8.78 Å². The Hall–Kier alpha value is -2.80. The predicted octanol–water partition coefficient (Wildman–Crippen LogP) is 2.82. The third-order valence-electron chi connectivity index (χ3n) is 5.89. The van der Waals surface area contributed by atoms with E-state index in [-0.39, 0.29) is 29.3 Å². The Labute approximate surface area is 174 Å². The summed E-state index contributed by atoms with van der Waals surface area (Å²) >= 11 is 0. The van der Waals surface area contributed by atoms with Crippen LogP contribution in [0.1, 0.15) is 28.8 Å². The number of hydrogen-bond acceptors (Lipinski definition) is 3. The molecule has 0 spiro atoms. The summed E-state index contributed by atoms with van der Waals surface area (Å²) in [6, 6.07) is 13.6. The van der Waals surface area contributed by atoms with Gasteiger partial charge in [-0.3, -0.25) is 14.5 Å². The molecule has 7 heteroatoms. The molecule has 2 aliphatic heterocycles. The third-order valence-corrected chi connectivity index (χ3v) is 5.89. The maximum atomic E-state index is 13.3. The lowest BCUT2D eigenvalue weighted by Gasteiger charge is -2.40. The topological polar surface area (TPSA) is 52.7 Å². The average molecular weight is 413 g/mol. The molecule has 2 fully saturated rings. The van der Waals surface area contributed by atoms with Crippen molar-refractivity contribution in [3.63, 3.8) is 0 Å². The molecule has 0 unspecified atom stereocenters. The van der Waals surface area contributed by atoms with E-state index in [0.717, 1.165) is 44.6 Å². The van der Waals surface area contributed by atoms with E-state index in [2.05, 4.69) is 22.3 Å². The standard InChI is InChI=1S/C23H25F2N3O2/c24-20-7-6-17(12-21(20)25)23(30)28-14-18(15-28)22(29)26-19-8-10-27(11-9-19)13-16-4-2-1-3-5-16/h1-7,12,18-19H,8-11,13-15H2,(H,26,29). The number of nitrogens with zero attached hydrogens (tertiary/aromatic N) is 2. The van der Waals surface area contributed by atoms with E-state index in [4.69, 9.17) is 0 Å². The minimum Gasteiger partial charge on any atom is -0.353 e. The van der Waals surface area contributed by atoms with Gasteiger partial charge in [0.1, 0.15) is 0 Å². The second-order valence-corrected chi connectivity index (χ2v) is 8.08. The van der Waals surface area contributed by atoms with Gasteiger partial charge >= 0.3 is 0 Å². The number of carbonyl (C=O) groups excluding carboxylic acids is 2. The first kappa shape index (κ1) is 20.5. The van der Waals surface area contributed by atoms with Crippen LogP contribution in [0.25, 0.3) is 0 Å². The van der Waals surface area contributed by atoms with Crippen molar-refractivity contribution in [3.8, 4) is 0 Å². The van der Waals surface area contributed by atoms with E-state index in [0.29, 0.717) is 13.1 Å². The number of benzene rings is 2. The zero-order valence-corrected chi connectivity index (χ0v) is 16.7. The zero-order chi connectivity index (χ0) is 21.1. The molecular formula is C23H25F2N3O2. The Bertz CT molecular complexity index is 908. The molecule has 0 radical (unpaired) electrons. The summed E-state index contributed by atoms with van der Waals surface area (Å²) in [7, 11) is 0.